The first kappa shape index (κ1) is 24.7. The Balaban J connectivity index is 5.10. The molecule has 3 N–H and O–H groups in total. The highest BCUT2D eigenvalue weighted by Crippen LogP contribution is 2.16. The van der Waals surface area contributed by atoms with Gasteiger partial charge in [-0.3, -0.25) is 9.59 Å². The fourth-order valence-corrected chi connectivity index (χ4v) is 2.27. The van der Waals surface area contributed by atoms with Gasteiger partial charge in [0.2, 0.25) is 11.8 Å². The lowest BCUT2D eigenvalue weighted by atomic mass is 9.90. The molecule has 9 nitrogen and oxygen atoms in total. The minimum atomic E-state index is -1.22. The van der Waals surface area contributed by atoms with Crippen molar-refractivity contribution < 1.29 is 28.7 Å². The number of hydrogen-bond donors (Lipinski definition) is 3. The normalized spacial score (nSPS) is 13.8. The summed E-state index contributed by atoms with van der Waals surface area (Å²) >= 11 is 0. The van der Waals surface area contributed by atoms with E-state index in [9.17, 15) is 19.2 Å². The molecule has 0 spiro atoms. The maximum Gasteiger partial charge on any atom is 0.408 e. The van der Waals surface area contributed by atoms with E-state index in [0.29, 0.717) is 12.8 Å². The van der Waals surface area contributed by atoms with Crippen molar-refractivity contribution in [2.45, 2.75) is 84.5 Å². The monoisotopic (exact) mass is 387 g/mol. The van der Waals surface area contributed by atoms with E-state index in [2.05, 4.69) is 20.7 Å². The summed E-state index contributed by atoms with van der Waals surface area (Å²) in [5.74, 6) is -1.62. The molecule has 9 heteroatoms. The van der Waals surface area contributed by atoms with E-state index < -0.39 is 47.1 Å². The summed E-state index contributed by atoms with van der Waals surface area (Å²) in [7, 11) is 1.23. The Bertz CT molecular complexity index is 552. The molecular weight excluding hydrogens is 354 g/mol. The van der Waals surface area contributed by atoms with Gasteiger partial charge in [-0.15, -0.1) is 0 Å². The number of methoxy groups -OCH3 is 1. The minimum absolute atomic E-state index is 0.300. The maximum absolute atomic E-state index is 12.7. The van der Waals surface area contributed by atoms with E-state index in [1.807, 2.05) is 0 Å². The van der Waals surface area contributed by atoms with Crippen LogP contribution in [0.5, 0.6) is 0 Å². The molecule has 0 fully saturated rings. The van der Waals surface area contributed by atoms with Crippen LogP contribution < -0.4 is 16.0 Å². The molecule has 2 atom stereocenters. The number of rotatable bonds is 8. The molecule has 0 aliphatic rings. The third-order valence-electron chi connectivity index (χ3n) is 4.03. The molecule has 0 saturated carbocycles. The zero-order valence-corrected chi connectivity index (χ0v) is 17.5. The third kappa shape index (κ3) is 7.84. The topological polar surface area (TPSA) is 123 Å². The Kier molecular flexibility index (Phi) is 9.26. The second-order valence-electron chi connectivity index (χ2n) is 7.36. The Hall–Kier alpha value is -2.32. The Labute approximate surface area is 160 Å². The number of amides is 3. The van der Waals surface area contributed by atoms with Crippen LogP contribution in [-0.2, 0) is 23.9 Å². The largest absolute Gasteiger partial charge is 0.467 e. The summed E-state index contributed by atoms with van der Waals surface area (Å²) in [5.41, 5.74) is -1.91. The minimum Gasteiger partial charge on any atom is -0.467 e. The predicted octanol–water partition coefficient (Wildman–Crippen LogP) is 1.25. The molecule has 156 valence electrons. The van der Waals surface area contributed by atoms with Crippen molar-refractivity contribution >= 4 is 23.9 Å². The molecule has 0 heterocycles. The Morgan fingerprint density at radius 2 is 1.44 bits per heavy atom. The van der Waals surface area contributed by atoms with Crippen LogP contribution in [0.25, 0.3) is 0 Å². The molecule has 3 amide bonds. The SMILES string of the molecule is CCC(CC)(NC(=O)[C@H](C)NC(=O)OC(C)(C)C)C(=O)N[C@@H](C)C(=O)OC. The fraction of sp³-hybridized carbons (Fsp3) is 0.778. The molecule has 0 radical (unpaired) electrons. The van der Waals surface area contributed by atoms with Crippen LogP contribution in [-0.4, -0.2) is 54.2 Å². The van der Waals surface area contributed by atoms with Gasteiger partial charge in [0, 0.05) is 0 Å². The first-order chi connectivity index (χ1) is 12.3. The molecule has 0 aromatic carbocycles. The summed E-state index contributed by atoms with van der Waals surface area (Å²) in [6.07, 6.45) is -0.130. The fourth-order valence-electron chi connectivity index (χ4n) is 2.27. The van der Waals surface area contributed by atoms with E-state index in [1.54, 1.807) is 34.6 Å². The average molecular weight is 387 g/mol. The molecule has 0 bridgehead atoms. The van der Waals surface area contributed by atoms with E-state index in [-0.39, 0.29) is 0 Å². The van der Waals surface area contributed by atoms with Crippen LogP contribution in [0.4, 0.5) is 4.79 Å². The first-order valence-electron chi connectivity index (χ1n) is 9.02. The maximum atomic E-state index is 12.7. The molecular formula is C18H33N3O6. The highest BCUT2D eigenvalue weighted by molar-refractivity contribution is 5.95. The number of carbonyl (C=O) groups is 4. The van der Waals surface area contributed by atoms with Crippen LogP contribution in [0.15, 0.2) is 0 Å². The standard InChI is InChI=1S/C18H33N3O6/c1-9-18(10-2,15(24)19-12(4)14(23)26-8)21-13(22)11(3)20-16(25)27-17(5,6)7/h11-12H,9-10H2,1-8H3,(H,19,24)(H,20,25)(H,21,22)/t11-,12-/m0/s1. The van der Waals surface area contributed by atoms with Gasteiger partial charge in [-0.25, -0.2) is 9.59 Å². The van der Waals surface area contributed by atoms with Gasteiger partial charge in [0.15, 0.2) is 0 Å². The van der Waals surface area contributed by atoms with Crippen molar-refractivity contribution in [3.63, 3.8) is 0 Å². The lowest BCUT2D eigenvalue weighted by Crippen LogP contribution is -2.62. The van der Waals surface area contributed by atoms with Gasteiger partial charge < -0.3 is 25.4 Å². The molecule has 0 saturated heterocycles. The van der Waals surface area contributed by atoms with Crippen molar-refractivity contribution in [2.75, 3.05) is 7.11 Å². The van der Waals surface area contributed by atoms with Crippen molar-refractivity contribution in [3.05, 3.63) is 0 Å². The highest BCUT2D eigenvalue weighted by Gasteiger charge is 2.39. The van der Waals surface area contributed by atoms with Crippen molar-refractivity contribution in [3.8, 4) is 0 Å². The smallest absolute Gasteiger partial charge is 0.408 e. The second-order valence-corrected chi connectivity index (χ2v) is 7.36. The summed E-state index contributed by atoms with van der Waals surface area (Å²) in [6.45, 7) is 11.6. The molecule has 27 heavy (non-hydrogen) atoms. The molecule has 0 unspecified atom stereocenters. The lowest BCUT2D eigenvalue weighted by Gasteiger charge is -2.33. The summed E-state index contributed by atoms with van der Waals surface area (Å²) in [5, 5.41) is 7.67. The van der Waals surface area contributed by atoms with E-state index in [4.69, 9.17) is 4.74 Å². The number of hydrogen-bond acceptors (Lipinski definition) is 6. The first-order valence-corrected chi connectivity index (χ1v) is 9.02. The van der Waals surface area contributed by atoms with E-state index >= 15 is 0 Å². The van der Waals surface area contributed by atoms with Crippen LogP contribution in [0.2, 0.25) is 0 Å². The van der Waals surface area contributed by atoms with Gasteiger partial charge in [-0.05, 0) is 47.5 Å². The number of ether oxygens (including phenoxy) is 2. The molecule has 0 aromatic rings. The number of alkyl carbamates (subject to hydrolysis) is 1. The molecule has 0 aliphatic heterocycles. The van der Waals surface area contributed by atoms with E-state index in [0.717, 1.165) is 0 Å². The zero-order valence-electron chi connectivity index (χ0n) is 17.5. The number of esters is 1. The van der Waals surface area contributed by atoms with Gasteiger partial charge in [-0.2, -0.15) is 0 Å². The highest BCUT2D eigenvalue weighted by atomic mass is 16.6. The van der Waals surface area contributed by atoms with Crippen molar-refractivity contribution in [2.24, 2.45) is 0 Å². The van der Waals surface area contributed by atoms with Crippen LogP contribution >= 0.6 is 0 Å². The molecule has 0 aliphatic carbocycles. The predicted molar refractivity (Wildman–Crippen MR) is 99.9 cm³/mol. The van der Waals surface area contributed by atoms with Gasteiger partial charge in [0.1, 0.15) is 23.2 Å². The lowest BCUT2D eigenvalue weighted by molar-refractivity contribution is -0.145. The van der Waals surface area contributed by atoms with Gasteiger partial charge in [0.05, 0.1) is 7.11 Å². The van der Waals surface area contributed by atoms with Crippen LogP contribution in [0.1, 0.15) is 61.3 Å². The van der Waals surface area contributed by atoms with Gasteiger partial charge in [0.25, 0.3) is 0 Å². The summed E-state index contributed by atoms with van der Waals surface area (Å²) in [6, 6.07) is -1.77. The van der Waals surface area contributed by atoms with Gasteiger partial charge in [-0.1, -0.05) is 13.8 Å². The number of nitrogens with one attached hydrogen (secondary N) is 3. The molecule has 0 rings (SSSR count). The summed E-state index contributed by atoms with van der Waals surface area (Å²) in [4.78, 5) is 48.5. The Morgan fingerprint density at radius 1 is 0.926 bits per heavy atom. The average Bonchev–Trinajstić information content (AvgIpc) is 2.56. The second kappa shape index (κ2) is 10.1. The van der Waals surface area contributed by atoms with E-state index in [1.165, 1.54) is 21.0 Å². The van der Waals surface area contributed by atoms with Crippen LogP contribution in [0, 0.1) is 0 Å². The van der Waals surface area contributed by atoms with Gasteiger partial charge >= 0.3 is 12.1 Å². The number of carbonyl (C=O) groups excluding carboxylic acids is 4. The molecule has 0 aromatic heterocycles. The quantitative estimate of drug-likeness (QED) is 0.539. The Morgan fingerprint density at radius 3 is 1.85 bits per heavy atom. The van der Waals surface area contributed by atoms with Crippen molar-refractivity contribution in [1.82, 2.24) is 16.0 Å². The third-order valence-corrected chi connectivity index (χ3v) is 4.03. The zero-order chi connectivity index (χ0) is 21.4. The summed E-state index contributed by atoms with van der Waals surface area (Å²) < 4.78 is 9.71. The van der Waals surface area contributed by atoms with Crippen LogP contribution in [0.3, 0.4) is 0 Å². The van der Waals surface area contributed by atoms with Crippen molar-refractivity contribution in [1.29, 1.82) is 0 Å².